The zero-order chi connectivity index (χ0) is 9.47. The van der Waals surface area contributed by atoms with Crippen LogP contribution in [0.25, 0.3) is 0 Å². The highest BCUT2D eigenvalue weighted by molar-refractivity contribution is 8.58. The first kappa shape index (κ1) is 9.13. The average Bonchev–Trinajstić information content (AvgIpc) is 2.42. The number of rotatable bonds is 1. The maximum Gasteiger partial charge on any atom is 0.297 e. The van der Waals surface area contributed by atoms with E-state index in [9.17, 15) is 4.57 Å². The zero-order valence-electron chi connectivity index (χ0n) is 7.52. The van der Waals surface area contributed by atoms with Crippen molar-refractivity contribution in [2.24, 2.45) is 0 Å². The van der Waals surface area contributed by atoms with Crippen molar-refractivity contribution >= 4 is 23.7 Å². The van der Waals surface area contributed by atoms with Gasteiger partial charge in [-0.15, -0.1) is 0 Å². The van der Waals surface area contributed by atoms with Gasteiger partial charge in [0.05, 0.1) is 5.69 Å². The van der Waals surface area contributed by atoms with Crippen LogP contribution in [0.15, 0.2) is 29.2 Å². The number of benzene rings is 1. The van der Waals surface area contributed by atoms with Crippen LogP contribution in [0.1, 0.15) is 0 Å². The van der Waals surface area contributed by atoms with Crippen molar-refractivity contribution in [3.8, 4) is 0 Å². The monoisotopic (exact) mass is 214 g/mol. The van der Waals surface area contributed by atoms with Crippen LogP contribution in [0.3, 0.4) is 0 Å². The summed E-state index contributed by atoms with van der Waals surface area (Å²) in [6.45, 7) is -2.42. The van der Waals surface area contributed by atoms with Crippen molar-refractivity contribution < 1.29 is 4.57 Å². The normalized spacial score (nSPS) is 25.8. The molecule has 3 nitrogen and oxygen atoms in total. The Morgan fingerprint density at radius 3 is 2.69 bits per heavy atom. The molecule has 0 bridgehead atoms. The molecule has 1 N–H and O–H groups in total. The van der Waals surface area contributed by atoms with Crippen molar-refractivity contribution in [1.82, 2.24) is 4.67 Å². The quantitative estimate of drug-likeness (QED) is 0.728. The highest BCUT2D eigenvalue weighted by Crippen LogP contribution is 2.68. The lowest BCUT2D eigenvalue weighted by Gasteiger charge is -2.18. The van der Waals surface area contributed by atoms with Crippen LogP contribution in [0.5, 0.6) is 0 Å². The fourth-order valence-electron chi connectivity index (χ4n) is 1.13. The molecule has 1 atom stereocenters. The molecule has 0 spiro atoms. The maximum atomic E-state index is 12.1. The molecule has 1 aromatic rings. The zero-order valence-corrected chi connectivity index (χ0v) is 9.23. The summed E-state index contributed by atoms with van der Waals surface area (Å²) in [4.78, 5) is 1.07. The molecule has 13 heavy (non-hydrogen) atoms. The summed E-state index contributed by atoms with van der Waals surface area (Å²) in [5.74, 6) is 0. The minimum absolute atomic E-state index is 0.976. The molecule has 0 saturated heterocycles. The highest BCUT2D eigenvalue weighted by atomic mass is 32.7. The van der Waals surface area contributed by atoms with Gasteiger partial charge in [-0.05, 0) is 37.6 Å². The summed E-state index contributed by atoms with van der Waals surface area (Å²) in [7, 11) is 3.65. The first-order valence-electron chi connectivity index (χ1n) is 3.96. The molecule has 2 rings (SSSR count). The molecule has 0 aliphatic carbocycles. The van der Waals surface area contributed by atoms with Gasteiger partial charge < -0.3 is 5.09 Å². The van der Waals surface area contributed by atoms with Gasteiger partial charge in [-0.1, -0.05) is 12.1 Å². The molecule has 70 valence electrons. The van der Waals surface area contributed by atoms with Gasteiger partial charge in [-0.25, -0.2) is 4.67 Å². The lowest BCUT2D eigenvalue weighted by Crippen LogP contribution is -2.08. The Bertz CT molecular complexity index is 351. The van der Waals surface area contributed by atoms with E-state index in [2.05, 4.69) is 5.09 Å². The minimum Gasteiger partial charge on any atom is -0.315 e. The second-order valence-corrected chi connectivity index (χ2v) is 7.79. The Morgan fingerprint density at radius 1 is 1.38 bits per heavy atom. The molecular weight excluding hydrogens is 203 g/mol. The third-order valence-electron chi connectivity index (χ3n) is 1.90. The standard InChI is InChI=1S/C8H11N2OPS/c1-10(2)12(11)9-7-5-3-4-6-8(7)13-12/h3-6H,1-2H3,(H,9,11). The van der Waals surface area contributed by atoms with Crippen molar-refractivity contribution in [3.63, 3.8) is 0 Å². The van der Waals surface area contributed by atoms with Crippen LogP contribution in [0.2, 0.25) is 0 Å². The molecule has 1 aromatic carbocycles. The summed E-state index contributed by atoms with van der Waals surface area (Å²) in [5.41, 5.74) is 0.976. The molecular formula is C8H11N2OPS. The van der Waals surface area contributed by atoms with Gasteiger partial charge in [0.1, 0.15) is 0 Å². The lowest BCUT2D eigenvalue weighted by atomic mass is 10.3. The number of fused-ring (bicyclic) bond motifs is 1. The minimum atomic E-state index is -2.42. The third kappa shape index (κ3) is 1.50. The largest absolute Gasteiger partial charge is 0.315 e. The number of para-hydroxylation sites is 1. The molecule has 0 aromatic heterocycles. The lowest BCUT2D eigenvalue weighted by molar-refractivity contribution is 0.535. The molecule has 1 aliphatic rings. The van der Waals surface area contributed by atoms with Gasteiger partial charge in [-0.2, -0.15) is 0 Å². The van der Waals surface area contributed by atoms with Crippen LogP contribution < -0.4 is 5.09 Å². The predicted molar refractivity (Wildman–Crippen MR) is 57.2 cm³/mol. The van der Waals surface area contributed by atoms with Gasteiger partial charge in [0.15, 0.2) is 0 Å². The Hall–Kier alpha value is -0.440. The second kappa shape index (κ2) is 3.05. The fourth-order valence-corrected chi connectivity index (χ4v) is 4.94. The first-order chi connectivity index (χ1) is 6.12. The van der Waals surface area contributed by atoms with Gasteiger partial charge in [0.2, 0.25) is 0 Å². The maximum absolute atomic E-state index is 12.1. The number of hydrogen-bond acceptors (Lipinski definition) is 2. The number of anilines is 1. The molecule has 1 unspecified atom stereocenters. The number of hydrogen-bond donors (Lipinski definition) is 1. The molecule has 1 aliphatic heterocycles. The van der Waals surface area contributed by atoms with Gasteiger partial charge in [0, 0.05) is 4.90 Å². The smallest absolute Gasteiger partial charge is 0.297 e. The van der Waals surface area contributed by atoms with E-state index in [1.165, 1.54) is 11.4 Å². The van der Waals surface area contributed by atoms with Crippen LogP contribution in [0, 0.1) is 0 Å². The van der Waals surface area contributed by atoms with Crippen LogP contribution >= 0.6 is 18.0 Å². The molecule has 0 radical (unpaired) electrons. The van der Waals surface area contributed by atoms with Crippen molar-refractivity contribution in [1.29, 1.82) is 0 Å². The summed E-state index contributed by atoms with van der Waals surface area (Å²) in [5, 5.41) is 3.05. The van der Waals surface area contributed by atoms with E-state index in [4.69, 9.17) is 0 Å². The van der Waals surface area contributed by atoms with Crippen LogP contribution in [-0.2, 0) is 4.57 Å². The van der Waals surface area contributed by atoms with E-state index >= 15 is 0 Å². The van der Waals surface area contributed by atoms with Gasteiger partial charge in [0.25, 0.3) is 6.65 Å². The molecule has 0 amide bonds. The van der Waals surface area contributed by atoms with Crippen LogP contribution in [0.4, 0.5) is 5.69 Å². The first-order valence-corrected chi connectivity index (χ1v) is 7.05. The van der Waals surface area contributed by atoms with Crippen molar-refractivity contribution in [3.05, 3.63) is 24.3 Å². The molecule has 0 saturated carbocycles. The Morgan fingerprint density at radius 2 is 2.08 bits per heavy atom. The Labute approximate surface area is 81.7 Å². The Balaban J connectivity index is 2.37. The average molecular weight is 214 g/mol. The van der Waals surface area contributed by atoms with Crippen molar-refractivity contribution in [2.45, 2.75) is 4.90 Å². The van der Waals surface area contributed by atoms with Gasteiger partial charge in [-0.3, -0.25) is 4.57 Å². The van der Waals surface area contributed by atoms with E-state index in [1.807, 2.05) is 38.4 Å². The van der Waals surface area contributed by atoms with E-state index < -0.39 is 6.65 Å². The third-order valence-corrected chi connectivity index (χ3v) is 6.86. The summed E-state index contributed by atoms with van der Waals surface area (Å²) in [6, 6.07) is 7.83. The molecule has 5 heteroatoms. The highest BCUT2D eigenvalue weighted by Gasteiger charge is 2.33. The second-order valence-electron chi connectivity index (χ2n) is 3.07. The number of nitrogens with zero attached hydrogens (tertiary/aromatic N) is 1. The summed E-state index contributed by atoms with van der Waals surface area (Å²) in [6.07, 6.45) is 0. The SMILES string of the molecule is CN(C)P1(=O)Nc2ccccc2S1. The van der Waals surface area contributed by atoms with Crippen LogP contribution in [-0.4, -0.2) is 18.8 Å². The topological polar surface area (TPSA) is 32.3 Å². The predicted octanol–water partition coefficient (Wildman–Crippen LogP) is 2.87. The number of nitrogens with one attached hydrogen (secondary N) is 1. The fraction of sp³-hybridized carbons (Fsp3) is 0.250. The summed E-state index contributed by atoms with van der Waals surface area (Å²) >= 11 is 1.42. The summed E-state index contributed by atoms with van der Waals surface area (Å²) < 4.78 is 13.9. The molecule has 1 heterocycles. The van der Waals surface area contributed by atoms with E-state index in [1.54, 1.807) is 4.67 Å². The van der Waals surface area contributed by atoms with E-state index in [0.717, 1.165) is 10.6 Å². The molecule has 0 fully saturated rings. The van der Waals surface area contributed by atoms with E-state index in [-0.39, 0.29) is 0 Å². The Kier molecular flexibility index (Phi) is 2.14. The van der Waals surface area contributed by atoms with Crippen molar-refractivity contribution in [2.75, 3.05) is 19.2 Å². The van der Waals surface area contributed by atoms with Gasteiger partial charge >= 0.3 is 0 Å². The van der Waals surface area contributed by atoms with E-state index in [0.29, 0.717) is 0 Å².